The number of ether oxygens (including phenoxy) is 1. The summed E-state index contributed by atoms with van der Waals surface area (Å²) in [5.74, 6) is 0.523. The molecule has 2 N–H and O–H groups in total. The maximum atomic E-state index is 13.5. The lowest BCUT2D eigenvalue weighted by Gasteiger charge is -2.36. The molecule has 0 spiro atoms. The number of benzene rings is 1. The monoisotopic (exact) mass is 512 g/mol. The van der Waals surface area contributed by atoms with Crippen molar-refractivity contribution in [2.45, 2.75) is 96.6 Å². The molecule has 0 unspecified atom stereocenters. The Morgan fingerprint density at radius 3 is 2.56 bits per heavy atom. The molecular formula is C27H40N4O4Si. The van der Waals surface area contributed by atoms with Crippen LogP contribution >= 0.6 is 0 Å². The van der Waals surface area contributed by atoms with Gasteiger partial charge in [-0.2, -0.15) is 5.26 Å². The van der Waals surface area contributed by atoms with Crippen LogP contribution in [0.15, 0.2) is 24.4 Å². The van der Waals surface area contributed by atoms with Gasteiger partial charge in [0.15, 0.2) is 0 Å². The third-order valence-corrected chi connectivity index (χ3v) is 11.4. The molecule has 9 heteroatoms. The summed E-state index contributed by atoms with van der Waals surface area (Å²) in [5, 5.41) is 13.3. The van der Waals surface area contributed by atoms with E-state index in [-0.39, 0.29) is 17.4 Å². The molecule has 3 rings (SSSR count). The van der Waals surface area contributed by atoms with Gasteiger partial charge >= 0.3 is 6.09 Å². The first-order valence-corrected chi connectivity index (χ1v) is 15.5. The van der Waals surface area contributed by atoms with Gasteiger partial charge < -0.3 is 24.4 Å². The van der Waals surface area contributed by atoms with Crippen molar-refractivity contribution in [2.24, 2.45) is 0 Å². The Kier molecular flexibility index (Phi) is 7.79. The first-order valence-electron chi connectivity index (χ1n) is 12.6. The Balaban J connectivity index is 1.91. The van der Waals surface area contributed by atoms with Gasteiger partial charge in [0.1, 0.15) is 23.4 Å². The summed E-state index contributed by atoms with van der Waals surface area (Å²) < 4.78 is 11.9. The Bertz CT molecular complexity index is 1150. The second-order valence-electron chi connectivity index (χ2n) is 12.1. The minimum Gasteiger partial charge on any atom is -0.543 e. The summed E-state index contributed by atoms with van der Waals surface area (Å²) in [6, 6.07) is 6.82. The standard InChI is InChI=1S/C27H40N4O4Si/c1-26(2,3)34-25(33)30-23(24(32)31-13-9-10-19(31)16-28)14-18-17-29-22-12-11-20(15-21(18)22)35-36(7,8)27(4,5)6/h11-12,15,17,19,23,29H,9-10,13-14H2,1-8H3,(H,30,33)/t19-,23-/m0/s1. The zero-order chi connectivity index (χ0) is 26.9. The van der Waals surface area contributed by atoms with E-state index in [9.17, 15) is 14.9 Å². The van der Waals surface area contributed by atoms with Gasteiger partial charge in [-0.3, -0.25) is 4.79 Å². The lowest BCUT2D eigenvalue weighted by Crippen LogP contribution is -2.51. The first kappa shape index (κ1) is 27.6. The van der Waals surface area contributed by atoms with Crippen molar-refractivity contribution in [3.8, 4) is 11.8 Å². The van der Waals surface area contributed by atoms with Crippen LogP contribution in [0.25, 0.3) is 10.9 Å². The number of carbonyl (C=O) groups is 2. The van der Waals surface area contributed by atoms with Gasteiger partial charge in [-0.1, -0.05) is 20.8 Å². The number of alkyl carbamates (subject to hydrolysis) is 1. The van der Waals surface area contributed by atoms with Crippen LogP contribution in [0.5, 0.6) is 5.75 Å². The Hall–Kier alpha value is -2.99. The van der Waals surface area contributed by atoms with Crippen molar-refractivity contribution in [3.05, 3.63) is 30.0 Å². The van der Waals surface area contributed by atoms with E-state index in [4.69, 9.17) is 9.16 Å². The van der Waals surface area contributed by atoms with Crippen molar-refractivity contribution in [1.82, 2.24) is 15.2 Å². The number of H-pyrrole nitrogens is 1. The Morgan fingerprint density at radius 1 is 1.25 bits per heavy atom. The van der Waals surface area contributed by atoms with Gasteiger partial charge in [-0.15, -0.1) is 0 Å². The Labute approximate surface area is 215 Å². The van der Waals surface area contributed by atoms with Crippen LogP contribution < -0.4 is 9.74 Å². The van der Waals surface area contributed by atoms with E-state index in [1.807, 2.05) is 24.4 Å². The topological polar surface area (TPSA) is 107 Å². The maximum Gasteiger partial charge on any atom is 0.408 e. The molecule has 1 aliphatic heterocycles. The second-order valence-corrected chi connectivity index (χ2v) is 16.8. The summed E-state index contributed by atoms with van der Waals surface area (Å²) in [6.45, 7) is 16.8. The van der Waals surface area contributed by atoms with Crippen LogP contribution in [0.4, 0.5) is 4.79 Å². The fourth-order valence-electron chi connectivity index (χ4n) is 4.07. The number of hydrogen-bond acceptors (Lipinski definition) is 5. The average Bonchev–Trinajstić information content (AvgIpc) is 3.37. The van der Waals surface area contributed by atoms with Crippen LogP contribution in [0.3, 0.4) is 0 Å². The van der Waals surface area contributed by atoms with E-state index in [1.54, 1.807) is 25.7 Å². The fourth-order valence-corrected chi connectivity index (χ4v) is 5.09. The van der Waals surface area contributed by atoms with Crippen LogP contribution in [0, 0.1) is 11.3 Å². The molecule has 1 aliphatic rings. The molecule has 0 radical (unpaired) electrons. The van der Waals surface area contributed by atoms with E-state index in [1.165, 1.54) is 0 Å². The number of rotatable bonds is 6. The van der Waals surface area contributed by atoms with Crippen LogP contribution in [-0.2, 0) is 16.0 Å². The number of amides is 2. The summed E-state index contributed by atoms with van der Waals surface area (Å²) >= 11 is 0. The number of likely N-dealkylation sites (tertiary alicyclic amines) is 1. The van der Waals surface area contributed by atoms with Gasteiger partial charge in [-0.25, -0.2) is 4.79 Å². The highest BCUT2D eigenvalue weighted by molar-refractivity contribution is 6.74. The van der Waals surface area contributed by atoms with Crippen molar-refractivity contribution in [2.75, 3.05) is 6.54 Å². The van der Waals surface area contributed by atoms with E-state index < -0.39 is 32.1 Å². The molecular weight excluding hydrogens is 472 g/mol. The number of carbonyl (C=O) groups excluding carboxylic acids is 2. The minimum absolute atomic E-state index is 0.0603. The third-order valence-electron chi connectivity index (χ3n) is 7.02. The molecule has 1 saturated heterocycles. The smallest absolute Gasteiger partial charge is 0.408 e. The van der Waals surface area contributed by atoms with E-state index >= 15 is 0 Å². The van der Waals surface area contributed by atoms with Gasteiger partial charge in [0.25, 0.3) is 0 Å². The van der Waals surface area contributed by atoms with Crippen molar-refractivity contribution in [3.63, 3.8) is 0 Å². The van der Waals surface area contributed by atoms with Crippen molar-refractivity contribution >= 4 is 31.2 Å². The molecule has 2 heterocycles. The fraction of sp³-hybridized carbons (Fsp3) is 0.593. The SMILES string of the molecule is CC(C)(C)OC(=O)N[C@@H](Cc1c[nH]c2ccc(O[Si](C)(C)C(C)(C)C)cc12)C(=O)N1CCC[C@H]1C#N. The quantitative estimate of drug-likeness (QED) is 0.497. The van der Waals surface area contributed by atoms with Crippen molar-refractivity contribution in [1.29, 1.82) is 5.26 Å². The maximum absolute atomic E-state index is 13.5. The molecule has 0 saturated carbocycles. The molecule has 196 valence electrons. The normalized spacial score (nSPS) is 17.5. The highest BCUT2D eigenvalue weighted by atomic mass is 28.4. The molecule has 1 fully saturated rings. The van der Waals surface area contributed by atoms with Crippen LogP contribution in [0.1, 0.15) is 59.9 Å². The summed E-state index contributed by atoms with van der Waals surface area (Å²) in [6.07, 6.45) is 2.88. The van der Waals surface area contributed by atoms with Gasteiger partial charge in [-0.05, 0) is 75.5 Å². The van der Waals surface area contributed by atoms with Crippen LogP contribution in [-0.4, -0.2) is 54.4 Å². The molecule has 2 atom stereocenters. The number of nitrogens with one attached hydrogen (secondary N) is 2. The summed E-state index contributed by atoms with van der Waals surface area (Å²) in [5.41, 5.74) is 1.11. The molecule has 36 heavy (non-hydrogen) atoms. The average molecular weight is 513 g/mol. The lowest BCUT2D eigenvalue weighted by atomic mass is 10.0. The van der Waals surface area contributed by atoms with E-state index in [0.29, 0.717) is 13.0 Å². The minimum atomic E-state index is -2.03. The number of aromatic nitrogens is 1. The number of hydrogen-bond donors (Lipinski definition) is 2. The zero-order valence-electron chi connectivity index (χ0n) is 22.8. The zero-order valence-corrected chi connectivity index (χ0v) is 23.8. The molecule has 2 amide bonds. The summed E-state index contributed by atoms with van der Waals surface area (Å²) in [4.78, 5) is 31.0. The molecule has 1 aromatic carbocycles. The molecule has 2 aromatic rings. The van der Waals surface area contributed by atoms with Gasteiger partial charge in [0.05, 0.1) is 6.07 Å². The number of aromatic amines is 1. The van der Waals surface area contributed by atoms with E-state index in [0.717, 1.165) is 28.6 Å². The number of nitrogens with zero attached hydrogens (tertiary/aromatic N) is 2. The predicted octanol–water partition coefficient (Wildman–Crippen LogP) is 5.50. The third kappa shape index (κ3) is 6.41. The van der Waals surface area contributed by atoms with E-state index in [2.05, 4.69) is 50.2 Å². The molecule has 0 aliphatic carbocycles. The molecule has 8 nitrogen and oxygen atoms in total. The van der Waals surface area contributed by atoms with Gasteiger partial charge in [0.2, 0.25) is 14.2 Å². The first-order chi connectivity index (χ1) is 16.6. The number of nitriles is 1. The highest BCUT2D eigenvalue weighted by Crippen LogP contribution is 2.38. The van der Waals surface area contributed by atoms with Crippen molar-refractivity contribution < 1.29 is 18.8 Å². The van der Waals surface area contributed by atoms with Crippen LogP contribution in [0.2, 0.25) is 18.1 Å². The van der Waals surface area contributed by atoms with Gasteiger partial charge in [0, 0.05) is 30.1 Å². The largest absolute Gasteiger partial charge is 0.543 e. The Morgan fingerprint density at radius 2 is 1.94 bits per heavy atom. The summed E-state index contributed by atoms with van der Waals surface area (Å²) in [7, 11) is -2.03. The highest BCUT2D eigenvalue weighted by Gasteiger charge is 2.39. The second kappa shape index (κ2) is 10.2. The number of fused-ring (bicyclic) bond motifs is 1. The molecule has 0 bridgehead atoms. The predicted molar refractivity (Wildman–Crippen MR) is 143 cm³/mol. The lowest BCUT2D eigenvalue weighted by molar-refractivity contribution is -0.133. The molecule has 1 aromatic heterocycles.